The highest BCUT2D eigenvalue weighted by Crippen LogP contribution is 1.87. The van der Waals surface area contributed by atoms with Gasteiger partial charge in [-0.05, 0) is 27.7 Å². The first-order chi connectivity index (χ1) is 9.43. The average Bonchev–Trinajstić information content (AvgIpc) is 2.36. The molecule has 0 radical (unpaired) electrons. The van der Waals surface area contributed by atoms with Crippen molar-refractivity contribution in [3.05, 3.63) is 0 Å². The molecule has 0 atom stereocenters. The zero-order valence-corrected chi connectivity index (χ0v) is 12.4. The van der Waals surface area contributed by atoms with Gasteiger partial charge in [0.25, 0.3) is 0 Å². The standard InChI is InChI=1S/C12H24N2O6/c1-9(2)17-7-5-13-19-11(15)12(16)20-14-6-8-18-10(3)4/h9-10,13-14H,5-8H2,1-4H3. The van der Waals surface area contributed by atoms with Crippen molar-refractivity contribution < 1.29 is 28.7 Å². The molecule has 0 unspecified atom stereocenters. The van der Waals surface area contributed by atoms with Gasteiger partial charge in [0.05, 0.1) is 38.5 Å². The summed E-state index contributed by atoms with van der Waals surface area (Å²) in [7, 11) is 0. The van der Waals surface area contributed by atoms with Gasteiger partial charge in [-0.15, -0.1) is 0 Å². The van der Waals surface area contributed by atoms with E-state index in [-0.39, 0.29) is 25.3 Å². The Morgan fingerprint density at radius 3 is 1.45 bits per heavy atom. The molecule has 20 heavy (non-hydrogen) atoms. The minimum absolute atomic E-state index is 0.0923. The summed E-state index contributed by atoms with van der Waals surface area (Å²) in [5.41, 5.74) is 4.62. The predicted octanol–water partition coefficient (Wildman–Crippen LogP) is -0.0680. The Morgan fingerprint density at radius 2 is 1.15 bits per heavy atom. The molecule has 0 heterocycles. The maximum atomic E-state index is 11.1. The lowest BCUT2D eigenvalue weighted by Crippen LogP contribution is -2.34. The molecule has 0 amide bonds. The second kappa shape index (κ2) is 11.6. The van der Waals surface area contributed by atoms with Crippen LogP contribution in [0.5, 0.6) is 0 Å². The van der Waals surface area contributed by atoms with E-state index < -0.39 is 11.9 Å². The summed E-state index contributed by atoms with van der Waals surface area (Å²) in [6.45, 7) is 8.85. The molecule has 2 N–H and O–H groups in total. The largest absolute Gasteiger partial charge is 0.437 e. The Bertz CT molecular complexity index is 255. The predicted molar refractivity (Wildman–Crippen MR) is 70.4 cm³/mol. The maximum absolute atomic E-state index is 11.1. The van der Waals surface area contributed by atoms with E-state index in [0.717, 1.165) is 0 Å². The first-order valence-electron chi connectivity index (χ1n) is 6.54. The number of nitrogens with one attached hydrogen (secondary N) is 2. The highest BCUT2D eigenvalue weighted by molar-refractivity contribution is 6.29. The van der Waals surface area contributed by atoms with E-state index in [1.54, 1.807) is 0 Å². The number of hydrogen-bond acceptors (Lipinski definition) is 8. The normalized spacial score (nSPS) is 10.9. The van der Waals surface area contributed by atoms with E-state index in [2.05, 4.69) is 20.6 Å². The molecule has 0 saturated carbocycles. The molecule has 0 aliphatic rings. The highest BCUT2D eigenvalue weighted by Gasteiger charge is 2.17. The molecule has 8 heteroatoms. The zero-order valence-electron chi connectivity index (χ0n) is 12.4. The zero-order chi connectivity index (χ0) is 15.4. The Hall–Kier alpha value is -1.22. The van der Waals surface area contributed by atoms with Crippen LogP contribution < -0.4 is 11.0 Å². The molecule has 0 rings (SSSR count). The second-order valence-electron chi connectivity index (χ2n) is 4.41. The van der Waals surface area contributed by atoms with Crippen molar-refractivity contribution in [1.82, 2.24) is 11.0 Å². The minimum Gasteiger partial charge on any atom is -0.377 e. The molecule has 0 aromatic rings. The van der Waals surface area contributed by atoms with E-state index >= 15 is 0 Å². The maximum Gasteiger partial charge on any atom is 0.437 e. The molecule has 0 aromatic carbocycles. The van der Waals surface area contributed by atoms with Crippen LogP contribution >= 0.6 is 0 Å². The Kier molecular flexibility index (Phi) is 10.9. The first-order valence-corrected chi connectivity index (χ1v) is 6.54. The number of hydrogen-bond donors (Lipinski definition) is 2. The number of carbonyl (C=O) groups is 2. The van der Waals surface area contributed by atoms with Crippen LogP contribution in [-0.2, 0) is 28.7 Å². The molecule has 0 fully saturated rings. The monoisotopic (exact) mass is 292 g/mol. The summed E-state index contributed by atoms with van der Waals surface area (Å²) in [6, 6.07) is 0. The lowest BCUT2D eigenvalue weighted by molar-refractivity contribution is -0.177. The topological polar surface area (TPSA) is 95.1 Å². The third kappa shape index (κ3) is 11.8. The van der Waals surface area contributed by atoms with Gasteiger partial charge in [0.15, 0.2) is 0 Å². The molecule has 0 bridgehead atoms. The number of rotatable bonds is 10. The van der Waals surface area contributed by atoms with E-state index in [1.807, 2.05) is 27.7 Å². The minimum atomic E-state index is -1.13. The van der Waals surface area contributed by atoms with Gasteiger partial charge in [-0.25, -0.2) is 9.59 Å². The fraction of sp³-hybridized carbons (Fsp3) is 0.833. The van der Waals surface area contributed by atoms with Gasteiger partial charge in [-0.3, -0.25) is 0 Å². The Morgan fingerprint density at radius 1 is 0.800 bits per heavy atom. The number of ether oxygens (including phenoxy) is 2. The summed E-state index contributed by atoms with van der Waals surface area (Å²) >= 11 is 0. The molecule has 0 aliphatic carbocycles. The van der Waals surface area contributed by atoms with Crippen LogP contribution in [0, 0.1) is 0 Å². The molecular weight excluding hydrogens is 268 g/mol. The summed E-state index contributed by atoms with van der Waals surface area (Å²) in [5, 5.41) is 0. The van der Waals surface area contributed by atoms with Gasteiger partial charge in [0, 0.05) is 0 Å². The third-order valence-electron chi connectivity index (χ3n) is 1.81. The number of hydroxylamine groups is 2. The fourth-order valence-electron chi connectivity index (χ4n) is 0.989. The van der Waals surface area contributed by atoms with Crippen molar-refractivity contribution in [2.24, 2.45) is 0 Å². The fourth-order valence-corrected chi connectivity index (χ4v) is 0.989. The third-order valence-corrected chi connectivity index (χ3v) is 1.81. The SMILES string of the molecule is CC(C)OCCNOC(=O)C(=O)ONCCOC(C)C. The van der Waals surface area contributed by atoms with Crippen LogP contribution in [0.1, 0.15) is 27.7 Å². The molecule has 0 aromatic heterocycles. The molecule has 8 nitrogen and oxygen atoms in total. The first kappa shape index (κ1) is 18.8. The molecule has 0 saturated heterocycles. The smallest absolute Gasteiger partial charge is 0.377 e. The van der Waals surface area contributed by atoms with Crippen molar-refractivity contribution in [1.29, 1.82) is 0 Å². The Balaban J connectivity index is 3.49. The molecule has 118 valence electrons. The second-order valence-corrected chi connectivity index (χ2v) is 4.41. The van der Waals surface area contributed by atoms with Crippen LogP contribution in [-0.4, -0.2) is 50.4 Å². The van der Waals surface area contributed by atoms with E-state index in [9.17, 15) is 9.59 Å². The summed E-state index contributed by atoms with van der Waals surface area (Å²) < 4.78 is 10.4. The lowest BCUT2D eigenvalue weighted by atomic mass is 10.5. The van der Waals surface area contributed by atoms with Crippen LogP contribution in [0.4, 0.5) is 0 Å². The molecule has 0 spiro atoms. The van der Waals surface area contributed by atoms with Gasteiger partial charge in [0.1, 0.15) is 0 Å². The van der Waals surface area contributed by atoms with Crippen LogP contribution in [0.3, 0.4) is 0 Å². The summed E-state index contributed by atoms with van der Waals surface area (Å²) in [5.74, 6) is -2.27. The summed E-state index contributed by atoms with van der Waals surface area (Å²) in [4.78, 5) is 31.2. The van der Waals surface area contributed by atoms with Crippen molar-refractivity contribution in [3.8, 4) is 0 Å². The highest BCUT2D eigenvalue weighted by atomic mass is 16.7. The van der Waals surface area contributed by atoms with Crippen molar-refractivity contribution in [2.75, 3.05) is 26.3 Å². The van der Waals surface area contributed by atoms with Gasteiger partial charge < -0.3 is 19.1 Å². The van der Waals surface area contributed by atoms with E-state index in [1.165, 1.54) is 0 Å². The Labute approximate surface area is 119 Å². The van der Waals surface area contributed by atoms with Crippen molar-refractivity contribution in [3.63, 3.8) is 0 Å². The van der Waals surface area contributed by atoms with Gasteiger partial charge in [-0.1, -0.05) is 0 Å². The average molecular weight is 292 g/mol. The molecule has 0 aliphatic heterocycles. The molecular formula is C12H24N2O6. The van der Waals surface area contributed by atoms with E-state index in [0.29, 0.717) is 13.2 Å². The lowest BCUT2D eigenvalue weighted by Gasteiger charge is -2.09. The number of carbonyl (C=O) groups excluding carboxylic acids is 2. The van der Waals surface area contributed by atoms with Crippen molar-refractivity contribution in [2.45, 2.75) is 39.9 Å². The quantitative estimate of drug-likeness (QED) is 0.328. The van der Waals surface area contributed by atoms with Gasteiger partial charge in [0.2, 0.25) is 0 Å². The summed E-state index contributed by atoms with van der Waals surface area (Å²) in [6.07, 6.45) is 0.185. The van der Waals surface area contributed by atoms with Gasteiger partial charge in [-0.2, -0.15) is 11.0 Å². The van der Waals surface area contributed by atoms with Gasteiger partial charge >= 0.3 is 11.9 Å². The van der Waals surface area contributed by atoms with Crippen molar-refractivity contribution >= 4 is 11.9 Å². The van der Waals surface area contributed by atoms with Crippen LogP contribution in [0.25, 0.3) is 0 Å². The van der Waals surface area contributed by atoms with Crippen LogP contribution in [0.2, 0.25) is 0 Å². The van der Waals surface area contributed by atoms with E-state index in [4.69, 9.17) is 9.47 Å². The van der Waals surface area contributed by atoms with Crippen LogP contribution in [0.15, 0.2) is 0 Å².